The second-order valence-electron chi connectivity index (χ2n) is 7.68. The molecule has 0 saturated carbocycles. The van der Waals surface area contributed by atoms with Gasteiger partial charge in [0.15, 0.2) is 5.82 Å². The van der Waals surface area contributed by atoms with Gasteiger partial charge in [-0.2, -0.15) is 5.10 Å². The maximum Gasteiger partial charge on any atom is 0.262 e. The van der Waals surface area contributed by atoms with Crippen LogP contribution in [-0.4, -0.2) is 40.4 Å². The molecule has 150 valence electrons. The first kappa shape index (κ1) is 18.1. The number of benzene rings is 1. The summed E-state index contributed by atoms with van der Waals surface area (Å²) in [6, 6.07) is 10.1. The smallest absolute Gasteiger partial charge is 0.262 e. The molecule has 1 aliphatic rings. The van der Waals surface area contributed by atoms with Crippen LogP contribution < -0.4 is 5.56 Å². The molecule has 1 aliphatic heterocycles. The summed E-state index contributed by atoms with van der Waals surface area (Å²) < 4.78 is 5.72. The van der Waals surface area contributed by atoms with Crippen molar-refractivity contribution in [1.82, 2.24) is 33.8 Å². The van der Waals surface area contributed by atoms with Crippen LogP contribution in [0.5, 0.6) is 0 Å². The molecule has 0 bridgehead atoms. The zero-order valence-electron chi connectivity index (χ0n) is 16.8. The van der Waals surface area contributed by atoms with E-state index >= 15 is 0 Å². The van der Waals surface area contributed by atoms with Crippen molar-refractivity contribution < 1.29 is 0 Å². The van der Waals surface area contributed by atoms with E-state index in [1.807, 2.05) is 49.1 Å². The lowest BCUT2D eigenvalue weighted by molar-refractivity contribution is 0.130. The van der Waals surface area contributed by atoms with E-state index in [9.17, 15) is 4.79 Å². The van der Waals surface area contributed by atoms with Crippen molar-refractivity contribution in [2.45, 2.75) is 45.3 Å². The van der Waals surface area contributed by atoms with E-state index in [0.717, 1.165) is 24.3 Å². The van der Waals surface area contributed by atoms with Crippen LogP contribution in [0.4, 0.5) is 0 Å². The van der Waals surface area contributed by atoms with Crippen molar-refractivity contribution in [2.75, 3.05) is 6.54 Å². The van der Waals surface area contributed by atoms with Crippen molar-refractivity contribution in [1.29, 1.82) is 0 Å². The summed E-state index contributed by atoms with van der Waals surface area (Å²) in [4.78, 5) is 15.3. The number of rotatable bonds is 4. The largest absolute Gasteiger partial charge is 0.287 e. The summed E-state index contributed by atoms with van der Waals surface area (Å²) >= 11 is 0. The highest BCUT2D eigenvalue weighted by molar-refractivity contribution is 5.80. The fraction of sp³-hybridized carbons (Fsp3) is 0.429. The molecule has 0 aliphatic carbocycles. The molecular weight excluding hydrogens is 366 g/mol. The minimum Gasteiger partial charge on any atom is -0.287 e. The minimum absolute atomic E-state index is 0.0136. The Hall–Kier alpha value is -3.00. The highest BCUT2D eigenvalue weighted by Gasteiger charge is 2.28. The number of nitrogens with zero attached hydrogens (tertiary/aromatic N) is 7. The van der Waals surface area contributed by atoms with Gasteiger partial charge in [0.2, 0.25) is 5.78 Å². The molecule has 4 heterocycles. The molecule has 0 unspecified atom stereocenters. The van der Waals surface area contributed by atoms with Crippen molar-refractivity contribution in [2.24, 2.45) is 7.05 Å². The van der Waals surface area contributed by atoms with Gasteiger partial charge in [-0.25, -0.2) is 0 Å². The number of hydrogen-bond donors (Lipinski definition) is 0. The molecular formula is C21H25N7O. The summed E-state index contributed by atoms with van der Waals surface area (Å²) in [6.07, 6.45) is 5.36. The van der Waals surface area contributed by atoms with Gasteiger partial charge in [-0.15, -0.1) is 10.2 Å². The molecule has 0 spiro atoms. The standard InChI is InChI=1S/C21H25N7O/c1-3-27-20(29)15-8-4-5-9-16(15)28-19(23-24-21(27)28)14-26-13-7-6-10-18(26)17-11-12-22-25(17)2/h4-5,8-9,11-12,18H,3,6-7,10,13-14H2,1-2H3/t18-/m0/s1. The molecule has 0 radical (unpaired) electrons. The summed E-state index contributed by atoms with van der Waals surface area (Å²) in [7, 11) is 2.00. The SMILES string of the molecule is CCn1c(=O)c2ccccc2n2c(CN3CCCC[C@H]3c3ccnn3C)nnc12. The maximum atomic E-state index is 12.9. The normalized spacial score (nSPS) is 18.1. The van der Waals surface area contributed by atoms with Crippen LogP contribution in [0, 0.1) is 0 Å². The minimum atomic E-state index is -0.0136. The van der Waals surface area contributed by atoms with Gasteiger partial charge < -0.3 is 0 Å². The highest BCUT2D eigenvalue weighted by atomic mass is 16.1. The number of hydrogen-bond acceptors (Lipinski definition) is 5. The molecule has 0 N–H and O–H groups in total. The van der Waals surface area contributed by atoms with Gasteiger partial charge in [0.1, 0.15) is 0 Å². The predicted octanol–water partition coefficient (Wildman–Crippen LogP) is 2.52. The van der Waals surface area contributed by atoms with Crippen LogP contribution in [-0.2, 0) is 20.1 Å². The van der Waals surface area contributed by atoms with E-state index in [1.54, 1.807) is 4.57 Å². The Bertz CT molecular complexity index is 1240. The summed E-state index contributed by atoms with van der Waals surface area (Å²) in [6.45, 7) is 4.22. The summed E-state index contributed by atoms with van der Waals surface area (Å²) in [5.41, 5.74) is 2.08. The monoisotopic (exact) mass is 391 g/mol. The van der Waals surface area contributed by atoms with E-state index in [0.29, 0.717) is 30.3 Å². The second-order valence-corrected chi connectivity index (χ2v) is 7.68. The number of fused-ring (bicyclic) bond motifs is 3. The van der Waals surface area contributed by atoms with Crippen molar-refractivity contribution in [3.63, 3.8) is 0 Å². The quantitative estimate of drug-likeness (QED) is 0.534. The Morgan fingerprint density at radius 3 is 2.79 bits per heavy atom. The van der Waals surface area contributed by atoms with Gasteiger partial charge in [0, 0.05) is 19.8 Å². The topological polar surface area (TPSA) is 73.2 Å². The summed E-state index contributed by atoms with van der Waals surface area (Å²) in [5, 5.41) is 14.0. The number of aryl methyl sites for hydroxylation is 2. The van der Waals surface area contributed by atoms with Gasteiger partial charge in [0.25, 0.3) is 5.56 Å². The molecule has 3 aromatic heterocycles. The van der Waals surface area contributed by atoms with E-state index in [4.69, 9.17) is 0 Å². The first-order valence-electron chi connectivity index (χ1n) is 10.3. The third-order valence-corrected chi connectivity index (χ3v) is 6.05. The molecule has 1 aromatic carbocycles. The van der Waals surface area contributed by atoms with Crippen LogP contribution in [0.15, 0.2) is 41.3 Å². The fourth-order valence-electron chi connectivity index (χ4n) is 4.61. The van der Waals surface area contributed by atoms with Crippen molar-refractivity contribution in [3.05, 3.63) is 58.4 Å². The van der Waals surface area contributed by atoms with E-state index in [2.05, 4.69) is 30.7 Å². The predicted molar refractivity (Wildman–Crippen MR) is 111 cm³/mol. The van der Waals surface area contributed by atoms with E-state index in [-0.39, 0.29) is 5.56 Å². The number of aromatic nitrogens is 6. The van der Waals surface area contributed by atoms with Crippen molar-refractivity contribution in [3.8, 4) is 0 Å². The Kier molecular flexibility index (Phi) is 4.43. The highest BCUT2D eigenvalue weighted by Crippen LogP contribution is 2.31. The van der Waals surface area contributed by atoms with Gasteiger partial charge in [-0.3, -0.25) is 23.3 Å². The third-order valence-electron chi connectivity index (χ3n) is 6.05. The first-order chi connectivity index (χ1) is 14.2. The van der Waals surface area contributed by atoms with E-state index in [1.165, 1.54) is 18.5 Å². The van der Waals surface area contributed by atoms with Crippen molar-refractivity contribution >= 4 is 16.7 Å². The number of likely N-dealkylation sites (tertiary alicyclic amines) is 1. The molecule has 29 heavy (non-hydrogen) atoms. The van der Waals surface area contributed by atoms with Gasteiger partial charge in [-0.1, -0.05) is 18.6 Å². The zero-order chi connectivity index (χ0) is 20.0. The van der Waals surface area contributed by atoms with Crippen LogP contribution in [0.2, 0.25) is 0 Å². The average Bonchev–Trinajstić information content (AvgIpc) is 3.35. The van der Waals surface area contributed by atoms with Crippen LogP contribution in [0.25, 0.3) is 16.7 Å². The second kappa shape index (κ2) is 7.11. The number of para-hydroxylation sites is 1. The maximum absolute atomic E-state index is 12.9. The molecule has 1 atom stereocenters. The Morgan fingerprint density at radius 2 is 2.00 bits per heavy atom. The molecule has 5 rings (SSSR count). The van der Waals surface area contributed by atoms with Gasteiger partial charge in [0.05, 0.1) is 29.2 Å². The van der Waals surface area contributed by atoms with Gasteiger partial charge >= 0.3 is 0 Å². The molecule has 8 nitrogen and oxygen atoms in total. The van der Waals surface area contributed by atoms with Crippen LogP contribution >= 0.6 is 0 Å². The average molecular weight is 391 g/mol. The van der Waals surface area contributed by atoms with E-state index < -0.39 is 0 Å². The lowest BCUT2D eigenvalue weighted by Crippen LogP contribution is -2.34. The molecule has 4 aromatic rings. The molecule has 1 saturated heterocycles. The van der Waals surface area contributed by atoms with Crippen LogP contribution in [0.3, 0.4) is 0 Å². The first-order valence-corrected chi connectivity index (χ1v) is 10.3. The Morgan fingerprint density at radius 1 is 1.14 bits per heavy atom. The fourth-order valence-corrected chi connectivity index (χ4v) is 4.61. The number of piperidine rings is 1. The molecule has 0 amide bonds. The Labute approximate surface area is 168 Å². The lowest BCUT2D eigenvalue weighted by Gasteiger charge is -2.35. The lowest BCUT2D eigenvalue weighted by atomic mass is 9.99. The summed E-state index contributed by atoms with van der Waals surface area (Å²) in [5.74, 6) is 1.48. The van der Waals surface area contributed by atoms with Gasteiger partial charge in [-0.05, 0) is 44.5 Å². The molecule has 8 heteroatoms. The third kappa shape index (κ3) is 2.86. The van der Waals surface area contributed by atoms with Crippen LogP contribution in [0.1, 0.15) is 43.7 Å². The molecule has 1 fully saturated rings. The zero-order valence-corrected chi connectivity index (χ0v) is 16.8. The Balaban J connectivity index is 1.63.